The third-order valence-electron chi connectivity index (χ3n) is 4.73. The number of halogens is 4. The van der Waals surface area contributed by atoms with E-state index in [1.54, 1.807) is 17.4 Å². The van der Waals surface area contributed by atoms with Gasteiger partial charge in [0.05, 0.1) is 11.9 Å². The minimum atomic E-state index is -4.55. The molecule has 1 aromatic heterocycles. The zero-order valence-electron chi connectivity index (χ0n) is 14.5. The highest BCUT2D eigenvalue weighted by atomic mass is 19.4. The largest absolute Gasteiger partial charge is 0.416 e. The van der Waals surface area contributed by atoms with Gasteiger partial charge in [-0.1, -0.05) is 0 Å². The molecule has 2 heterocycles. The molecular weight excluding hydrogens is 364 g/mol. The van der Waals surface area contributed by atoms with E-state index < -0.39 is 23.6 Å². The molecule has 5 nitrogen and oxygen atoms in total. The summed E-state index contributed by atoms with van der Waals surface area (Å²) < 4.78 is 54.0. The number of carbonyl (C=O) groups is 1. The first-order valence-corrected chi connectivity index (χ1v) is 8.67. The molecule has 0 aliphatic carbocycles. The molecule has 0 atom stereocenters. The van der Waals surface area contributed by atoms with E-state index in [9.17, 15) is 22.4 Å². The number of amides is 2. The summed E-state index contributed by atoms with van der Waals surface area (Å²) in [6.45, 7) is 1.65. The predicted octanol–water partition coefficient (Wildman–Crippen LogP) is 3.66. The van der Waals surface area contributed by atoms with Crippen LogP contribution in [-0.2, 0) is 19.3 Å². The maximum atomic E-state index is 13.7. The van der Waals surface area contributed by atoms with Crippen LogP contribution in [0.2, 0.25) is 0 Å². The number of nitrogens with zero attached hydrogens (tertiary/aromatic N) is 3. The van der Waals surface area contributed by atoms with Crippen LogP contribution in [0.1, 0.15) is 24.0 Å². The minimum Gasteiger partial charge on any atom is -0.337 e. The molecule has 146 valence electrons. The summed E-state index contributed by atoms with van der Waals surface area (Å²) in [6.07, 6.45) is 2.46. The molecule has 1 fully saturated rings. The van der Waals surface area contributed by atoms with Gasteiger partial charge in [0.2, 0.25) is 0 Å². The number of rotatable bonds is 4. The van der Waals surface area contributed by atoms with Gasteiger partial charge < -0.3 is 14.8 Å². The molecule has 0 unspecified atom stereocenters. The van der Waals surface area contributed by atoms with Crippen LogP contribution in [0.3, 0.4) is 0 Å². The Bertz CT molecular complexity index is 768. The van der Waals surface area contributed by atoms with Gasteiger partial charge in [-0.3, -0.25) is 0 Å². The van der Waals surface area contributed by atoms with Gasteiger partial charge in [0.1, 0.15) is 5.82 Å². The number of piperidine rings is 1. The lowest BCUT2D eigenvalue weighted by Crippen LogP contribution is -2.44. The van der Waals surface area contributed by atoms with E-state index in [0.29, 0.717) is 25.1 Å². The van der Waals surface area contributed by atoms with Gasteiger partial charge in [0.25, 0.3) is 0 Å². The molecule has 0 spiro atoms. The molecule has 3 rings (SSSR count). The van der Waals surface area contributed by atoms with Gasteiger partial charge in [-0.2, -0.15) is 13.2 Å². The maximum Gasteiger partial charge on any atom is 0.416 e. The number of benzene rings is 1. The molecule has 2 aromatic rings. The van der Waals surface area contributed by atoms with E-state index in [4.69, 9.17) is 0 Å². The first-order chi connectivity index (χ1) is 12.8. The number of aromatic nitrogens is 2. The second kappa shape index (κ2) is 7.98. The highest BCUT2D eigenvalue weighted by Crippen LogP contribution is 2.30. The highest BCUT2D eigenvalue weighted by Gasteiger charge is 2.31. The van der Waals surface area contributed by atoms with Crippen molar-refractivity contribution in [2.45, 2.75) is 32.1 Å². The Balaban J connectivity index is 1.50. The number of urea groups is 1. The summed E-state index contributed by atoms with van der Waals surface area (Å²) in [4.78, 5) is 17.8. The Labute approximate surface area is 154 Å². The fourth-order valence-corrected chi connectivity index (χ4v) is 3.18. The van der Waals surface area contributed by atoms with Crippen molar-refractivity contribution < 1.29 is 22.4 Å². The van der Waals surface area contributed by atoms with Crippen molar-refractivity contribution >= 4 is 6.03 Å². The van der Waals surface area contributed by atoms with E-state index in [0.717, 1.165) is 31.5 Å². The Morgan fingerprint density at radius 1 is 1.26 bits per heavy atom. The first-order valence-electron chi connectivity index (χ1n) is 8.67. The number of hydrogen-bond donors (Lipinski definition) is 1. The van der Waals surface area contributed by atoms with E-state index in [2.05, 4.69) is 10.3 Å². The Hall–Kier alpha value is -2.58. The van der Waals surface area contributed by atoms with E-state index >= 15 is 0 Å². The van der Waals surface area contributed by atoms with E-state index in [1.165, 1.54) is 0 Å². The van der Waals surface area contributed by atoms with Crippen LogP contribution < -0.4 is 5.32 Å². The molecule has 0 radical (unpaired) electrons. The lowest BCUT2D eigenvalue weighted by atomic mass is 9.97. The van der Waals surface area contributed by atoms with Crippen LogP contribution >= 0.6 is 0 Å². The van der Waals surface area contributed by atoms with Gasteiger partial charge in [-0.05, 0) is 37.0 Å². The molecule has 0 saturated carbocycles. The lowest BCUT2D eigenvalue weighted by Gasteiger charge is -2.32. The number of nitrogens with one attached hydrogen (secondary N) is 1. The molecule has 1 aliphatic rings. The van der Waals surface area contributed by atoms with E-state index in [1.807, 2.05) is 10.8 Å². The average molecular weight is 384 g/mol. The number of likely N-dealkylation sites (tertiary alicyclic amines) is 1. The zero-order chi connectivity index (χ0) is 19.4. The minimum absolute atomic E-state index is 0.187. The van der Waals surface area contributed by atoms with Crippen molar-refractivity contribution in [3.8, 4) is 0 Å². The monoisotopic (exact) mass is 384 g/mol. The summed E-state index contributed by atoms with van der Waals surface area (Å²) in [6, 6.07) is 1.79. The van der Waals surface area contributed by atoms with Crippen LogP contribution in [0, 0.1) is 11.7 Å². The zero-order valence-corrected chi connectivity index (χ0v) is 14.5. The summed E-state index contributed by atoms with van der Waals surface area (Å²) in [5.74, 6) is -0.341. The normalized spacial score (nSPS) is 15.8. The van der Waals surface area contributed by atoms with Crippen molar-refractivity contribution in [2.75, 3.05) is 13.1 Å². The SMILES string of the molecule is O=C(NCc1cc(C(F)(F)F)ccc1F)N1CCC(Cn2ccnc2)CC1. The molecule has 1 aromatic carbocycles. The van der Waals surface area contributed by atoms with Crippen molar-refractivity contribution in [1.82, 2.24) is 19.8 Å². The maximum absolute atomic E-state index is 13.7. The van der Waals surface area contributed by atoms with Crippen LogP contribution in [0.15, 0.2) is 36.9 Å². The van der Waals surface area contributed by atoms with Crippen LogP contribution in [0.25, 0.3) is 0 Å². The molecule has 1 saturated heterocycles. The summed E-state index contributed by atoms with van der Waals surface area (Å²) in [7, 11) is 0. The Morgan fingerprint density at radius 3 is 2.63 bits per heavy atom. The van der Waals surface area contributed by atoms with Crippen molar-refractivity contribution in [1.29, 1.82) is 0 Å². The van der Waals surface area contributed by atoms with Gasteiger partial charge in [0.15, 0.2) is 0 Å². The van der Waals surface area contributed by atoms with Crippen LogP contribution in [-0.4, -0.2) is 33.6 Å². The molecule has 1 N–H and O–H groups in total. The first kappa shape index (κ1) is 19.2. The molecule has 2 amide bonds. The van der Waals surface area contributed by atoms with Gasteiger partial charge in [-0.15, -0.1) is 0 Å². The second-order valence-corrected chi connectivity index (χ2v) is 6.65. The Kier molecular flexibility index (Phi) is 5.67. The highest BCUT2D eigenvalue weighted by molar-refractivity contribution is 5.74. The van der Waals surface area contributed by atoms with Crippen LogP contribution in [0.5, 0.6) is 0 Å². The van der Waals surface area contributed by atoms with Gasteiger partial charge in [-0.25, -0.2) is 14.2 Å². The number of alkyl halides is 3. The quantitative estimate of drug-likeness (QED) is 0.818. The van der Waals surface area contributed by atoms with Crippen molar-refractivity contribution in [3.05, 3.63) is 53.9 Å². The molecule has 27 heavy (non-hydrogen) atoms. The second-order valence-electron chi connectivity index (χ2n) is 6.65. The topological polar surface area (TPSA) is 50.2 Å². The Morgan fingerprint density at radius 2 is 2.00 bits per heavy atom. The lowest BCUT2D eigenvalue weighted by molar-refractivity contribution is -0.137. The number of imidazole rings is 1. The van der Waals surface area contributed by atoms with Crippen LogP contribution in [0.4, 0.5) is 22.4 Å². The third kappa shape index (κ3) is 4.99. The smallest absolute Gasteiger partial charge is 0.337 e. The average Bonchev–Trinajstić information content (AvgIpc) is 3.13. The summed E-state index contributed by atoms with van der Waals surface area (Å²) in [5.41, 5.74) is -1.12. The fourth-order valence-electron chi connectivity index (χ4n) is 3.18. The van der Waals surface area contributed by atoms with Gasteiger partial charge in [0, 0.05) is 44.1 Å². The summed E-state index contributed by atoms with van der Waals surface area (Å²) in [5, 5.41) is 2.51. The molecular formula is C18H20F4N4O. The number of carbonyl (C=O) groups excluding carboxylic acids is 1. The van der Waals surface area contributed by atoms with Crippen molar-refractivity contribution in [3.63, 3.8) is 0 Å². The third-order valence-corrected chi connectivity index (χ3v) is 4.73. The van der Waals surface area contributed by atoms with E-state index in [-0.39, 0.29) is 12.1 Å². The van der Waals surface area contributed by atoms with Crippen molar-refractivity contribution in [2.24, 2.45) is 5.92 Å². The predicted molar refractivity (Wildman–Crippen MR) is 90.2 cm³/mol. The van der Waals surface area contributed by atoms with Gasteiger partial charge >= 0.3 is 12.2 Å². The molecule has 9 heteroatoms. The number of hydrogen-bond acceptors (Lipinski definition) is 2. The fraction of sp³-hybridized carbons (Fsp3) is 0.444. The molecule has 1 aliphatic heterocycles. The summed E-state index contributed by atoms with van der Waals surface area (Å²) >= 11 is 0. The standard InChI is InChI=1S/C18H20F4N4O/c19-16-2-1-15(18(20,21)22)9-14(16)10-24-17(27)26-6-3-13(4-7-26)11-25-8-5-23-12-25/h1-2,5,8-9,12-13H,3-4,6-7,10-11H2,(H,24,27). The molecule has 0 bridgehead atoms.